The predicted octanol–water partition coefficient (Wildman–Crippen LogP) is 0.123. The molecule has 3 N–H and O–H groups in total. The summed E-state index contributed by atoms with van der Waals surface area (Å²) < 4.78 is 0. The second kappa shape index (κ2) is 7.67. The highest BCUT2D eigenvalue weighted by Gasteiger charge is 2.48. The molecule has 0 aromatic heterocycles. The predicted molar refractivity (Wildman–Crippen MR) is 95.0 cm³/mol. The van der Waals surface area contributed by atoms with Crippen molar-refractivity contribution >= 4 is 41.9 Å². The van der Waals surface area contributed by atoms with Crippen LogP contribution < -0.4 is 16.0 Å². The smallest absolute Gasteiger partial charge is 0.322 e. The second-order valence-corrected chi connectivity index (χ2v) is 5.48. The van der Waals surface area contributed by atoms with Crippen LogP contribution in [0.2, 0.25) is 0 Å². The van der Waals surface area contributed by atoms with Crippen molar-refractivity contribution in [3.8, 4) is 12.3 Å². The molecule has 7 nitrogen and oxygen atoms in total. The zero-order valence-corrected chi connectivity index (χ0v) is 15.1. The van der Waals surface area contributed by atoms with E-state index >= 15 is 0 Å². The third-order valence-corrected chi connectivity index (χ3v) is 4.24. The van der Waals surface area contributed by atoms with Crippen LogP contribution >= 0.6 is 24.0 Å². The molecule has 0 bridgehead atoms. The number of amides is 3. The Hall–Kier alpha value is -1.50. The normalized spacial score (nSPS) is 25.9. The van der Waals surface area contributed by atoms with Gasteiger partial charge in [0.2, 0.25) is 0 Å². The summed E-state index contributed by atoms with van der Waals surface area (Å²) in [6.45, 7) is 3.77. The summed E-state index contributed by atoms with van der Waals surface area (Å²) in [5.41, 5.74) is -0.807. The maximum absolute atomic E-state index is 12.0. The van der Waals surface area contributed by atoms with Crippen LogP contribution in [-0.4, -0.2) is 55.0 Å². The third-order valence-electron chi connectivity index (χ3n) is 4.24. The third kappa shape index (κ3) is 3.63. The molecular formula is C14H22IN5O2. The molecule has 0 spiro atoms. The van der Waals surface area contributed by atoms with E-state index in [4.69, 9.17) is 6.42 Å². The van der Waals surface area contributed by atoms with Gasteiger partial charge in [-0.05, 0) is 25.7 Å². The number of carbonyl (C=O) groups is 2. The van der Waals surface area contributed by atoms with Crippen molar-refractivity contribution in [2.45, 2.75) is 25.3 Å². The number of nitrogens with zero attached hydrogens (tertiary/aromatic N) is 2. The van der Waals surface area contributed by atoms with Crippen LogP contribution in [0.5, 0.6) is 0 Å². The lowest BCUT2D eigenvalue weighted by molar-refractivity contribution is -0.125. The minimum atomic E-state index is -0.807. The topological polar surface area (TPSA) is 85.8 Å². The van der Waals surface area contributed by atoms with Crippen LogP contribution in [-0.2, 0) is 4.79 Å². The van der Waals surface area contributed by atoms with Crippen LogP contribution in [0, 0.1) is 18.3 Å². The molecule has 22 heavy (non-hydrogen) atoms. The van der Waals surface area contributed by atoms with Gasteiger partial charge >= 0.3 is 6.03 Å². The lowest BCUT2D eigenvalue weighted by atomic mass is 9.79. The number of piperidine rings is 1. The second-order valence-electron chi connectivity index (χ2n) is 5.48. The monoisotopic (exact) mass is 419 g/mol. The van der Waals surface area contributed by atoms with Crippen molar-refractivity contribution < 1.29 is 9.59 Å². The summed E-state index contributed by atoms with van der Waals surface area (Å²) >= 11 is 0. The van der Waals surface area contributed by atoms with Gasteiger partial charge in [0.25, 0.3) is 5.91 Å². The molecule has 0 saturated carbocycles. The molecule has 2 fully saturated rings. The van der Waals surface area contributed by atoms with E-state index in [9.17, 15) is 9.59 Å². The lowest BCUT2D eigenvalue weighted by Crippen LogP contribution is -2.55. The first-order valence-corrected chi connectivity index (χ1v) is 7.04. The Morgan fingerprint density at radius 2 is 2.14 bits per heavy atom. The van der Waals surface area contributed by atoms with Crippen molar-refractivity contribution in [2.24, 2.45) is 10.9 Å². The zero-order valence-electron chi connectivity index (χ0n) is 12.8. The van der Waals surface area contributed by atoms with Crippen molar-refractivity contribution in [1.82, 2.24) is 20.9 Å². The van der Waals surface area contributed by atoms with Gasteiger partial charge in [-0.25, -0.2) is 4.79 Å². The summed E-state index contributed by atoms with van der Waals surface area (Å²) in [7, 11) is 1.72. The average Bonchev–Trinajstić information content (AvgIpc) is 2.74. The van der Waals surface area contributed by atoms with Gasteiger partial charge in [-0.1, -0.05) is 5.92 Å². The fourth-order valence-corrected chi connectivity index (χ4v) is 2.98. The standard InChI is InChI=1S/C14H21N5O2.HI/c1-4-7-16-12(15-3)19-8-5-10(6-9-19)14(2)11(20)17-13(21)18-14;/h1,10H,5-9H2,2-3H3,(H,15,16)(H2,17,18,20,21);1H. The number of hydrogen-bond donors (Lipinski definition) is 3. The van der Waals surface area contributed by atoms with E-state index in [0.29, 0.717) is 6.54 Å². The van der Waals surface area contributed by atoms with Crippen LogP contribution in [0.4, 0.5) is 4.79 Å². The number of nitrogens with one attached hydrogen (secondary N) is 3. The molecule has 0 radical (unpaired) electrons. The minimum absolute atomic E-state index is 0. The Balaban J connectivity index is 0.00000242. The molecule has 0 aromatic rings. The van der Waals surface area contributed by atoms with Crippen molar-refractivity contribution in [2.75, 3.05) is 26.7 Å². The fourth-order valence-electron chi connectivity index (χ4n) is 2.98. The van der Waals surface area contributed by atoms with Gasteiger partial charge in [0.05, 0.1) is 6.54 Å². The van der Waals surface area contributed by atoms with E-state index in [1.807, 2.05) is 0 Å². The molecule has 2 saturated heterocycles. The molecule has 0 aliphatic carbocycles. The van der Waals surface area contributed by atoms with E-state index in [2.05, 4.69) is 31.8 Å². The molecule has 2 aliphatic rings. The summed E-state index contributed by atoms with van der Waals surface area (Å²) in [4.78, 5) is 29.6. The number of rotatable bonds is 2. The van der Waals surface area contributed by atoms with E-state index in [1.165, 1.54) is 0 Å². The van der Waals surface area contributed by atoms with Gasteiger partial charge in [-0.2, -0.15) is 0 Å². The Morgan fingerprint density at radius 3 is 2.59 bits per heavy atom. The molecule has 2 heterocycles. The number of halogens is 1. The number of hydrogen-bond acceptors (Lipinski definition) is 3. The number of guanidine groups is 1. The highest BCUT2D eigenvalue weighted by atomic mass is 127. The molecule has 8 heteroatoms. The number of terminal acetylenes is 1. The van der Waals surface area contributed by atoms with E-state index in [0.717, 1.165) is 31.9 Å². The largest absolute Gasteiger partial charge is 0.345 e. The number of carbonyl (C=O) groups excluding carboxylic acids is 2. The lowest BCUT2D eigenvalue weighted by Gasteiger charge is -2.39. The number of likely N-dealkylation sites (tertiary alicyclic amines) is 1. The van der Waals surface area contributed by atoms with Gasteiger partial charge < -0.3 is 15.5 Å². The maximum atomic E-state index is 12.0. The first kappa shape index (κ1) is 18.5. The van der Waals surface area contributed by atoms with Crippen LogP contribution in [0.1, 0.15) is 19.8 Å². The highest BCUT2D eigenvalue weighted by molar-refractivity contribution is 14.0. The molecule has 0 aromatic carbocycles. The van der Waals surface area contributed by atoms with E-state index in [-0.39, 0.29) is 35.8 Å². The first-order chi connectivity index (χ1) is 10.0. The van der Waals surface area contributed by atoms with E-state index in [1.54, 1.807) is 14.0 Å². The molecule has 1 atom stereocenters. The minimum Gasteiger partial charge on any atom is -0.345 e. The number of imide groups is 1. The summed E-state index contributed by atoms with van der Waals surface area (Å²) in [6, 6.07) is -0.406. The Labute approximate surface area is 147 Å². The summed E-state index contributed by atoms with van der Waals surface area (Å²) in [5, 5.41) is 8.16. The first-order valence-electron chi connectivity index (χ1n) is 7.04. The van der Waals surface area contributed by atoms with Gasteiger partial charge in [0.15, 0.2) is 5.96 Å². The van der Waals surface area contributed by atoms with Crippen molar-refractivity contribution in [3.63, 3.8) is 0 Å². The molecule has 2 aliphatic heterocycles. The molecule has 1 unspecified atom stereocenters. The quantitative estimate of drug-likeness (QED) is 0.195. The summed E-state index contributed by atoms with van der Waals surface area (Å²) in [6.07, 6.45) is 6.85. The van der Waals surface area contributed by atoms with Gasteiger partial charge in [-0.15, -0.1) is 30.4 Å². The maximum Gasteiger partial charge on any atom is 0.322 e. The van der Waals surface area contributed by atoms with Gasteiger partial charge in [-0.3, -0.25) is 15.1 Å². The fraction of sp³-hybridized carbons (Fsp3) is 0.643. The van der Waals surface area contributed by atoms with E-state index < -0.39 is 11.6 Å². The average molecular weight is 419 g/mol. The Morgan fingerprint density at radius 1 is 1.50 bits per heavy atom. The van der Waals surface area contributed by atoms with Gasteiger partial charge in [0.1, 0.15) is 5.54 Å². The van der Waals surface area contributed by atoms with Gasteiger partial charge in [0, 0.05) is 20.1 Å². The SMILES string of the molecule is C#CCNC(=NC)N1CCC(C2(C)NC(=O)NC2=O)CC1.I. The Bertz CT molecular complexity index is 508. The summed E-state index contributed by atoms with van der Waals surface area (Å²) in [5.74, 6) is 3.18. The molecule has 122 valence electrons. The van der Waals surface area contributed by atoms with Crippen molar-refractivity contribution in [1.29, 1.82) is 0 Å². The van der Waals surface area contributed by atoms with Crippen molar-refractivity contribution in [3.05, 3.63) is 0 Å². The number of urea groups is 1. The number of aliphatic imine (C=N–C) groups is 1. The zero-order chi connectivity index (χ0) is 15.5. The molecular weight excluding hydrogens is 397 g/mol. The highest BCUT2D eigenvalue weighted by Crippen LogP contribution is 2.30. The van der Waals surface area contributed by atoms with Crippen LogP contribution in [0.3, 0.4) is 0 Å². The molecule has 3 amide bonds. The molecule has 2 rings (SSSR count). The Kier molecular flexibility index (Phi) is 6.47. The van der Waals surface area contributed by atoms with Crippen LogP contribution in [0.25, 0.3) is 0 Å². The van der Waals surface area contributed by atoms with Crippen LogP contribution in [0.15, 0.2) is 4.99 Å².